The Balaban J connectivity index is 1.40. The molecule has 33 heavy (non-hydrogen) atoms. The van der Waals surface area contributed by atoms with Crippen LogP contribution in [0.2, 0.25) is 0 Å². The van der Waals surface area contributed by atoms with Crippen LogP contribution in [0, 0.1) is 6.92 Å². The summed E-state index contributed by atoms with van der Waals surface area (Å²) < 4.78 is 5.43. The van der Waals surface area contributed by atoms with E-state index in [0.717, 1.165) is 27.7 Å². The maximum absolute atomic E-state index is 13.1. The second-order valence-corrected chi connectivity index (χ2v) is 9.32. The average molecular weight is 447 g/mol. The van der Waals surface area contributed by atoms with Crippen molar-refractivity contribution in [1.29, 1.82) is 0 Å². The summed E-state index contributed by atoms with van der Waals surface area (Å²) in [5.41, 5.74) is 3.96. The summed E-state index contributed by atoms with van der Waals surface area (Å²) in [5, 5.41) is 8.47. The lowest BCUT2D eigenvalue weighted by atomic mass is 10.0. The third-order valence-corrected chi connectivity index (χ3v) is 5.63. The highest BCUT2D eigenvalue weighted by molar-refractivity contribution is 5.96. The Kier molecular flexibility index (Phi) is 6.22. The van der Waals surface area contributed by atoms with Gasteiger partial charge in [0, 0.05) is 37.1 Å². The molecule has 1 aromatic heterocycles. The number of nitrogens with zero attached hydrogens (tertiary/aromatic N) is 3. The normalized spacial score (nSPS) is 14.8. The SMILES string of the molecule is Cc1cc(/C=C/c2n[nH]c3ccccc23)ccc1C(=O)N1CCN(C(=O)OC(C)(C)C)CC1. The third kappa shape index (κ3) is 5.25. The number of amides is 2. The minimum atomic E-state index is -0.526. The van der Waals surface area contributed by atoms with Crippen molar-refractivity contribution < 1.29 is 14.3 Å². The standard InChI is InChI=1S/C26H30N4O3/c1-18-17-19(10-12-23-21-7-5-6-8-22(21)27-28-23)9-11-20(18)24(31)29-13-15-30(16-14-29)25(32)33-26(2,3)4/h5-12,17H,13-16H2,1-4H3,(H,27,28)/b12-10+. The molecule has 0 radical (unpaired) electrons. The number of benzene rings is 2. The summed E-state index contributed by atoms with van der Waals surface area (Å²) in [5.74, 6) is -0.00911. The van der Waals surface area contributed by atoms with Crippen LogP contribution in [-0.2, 0) is 4.74 Å². The van der Waals surface area contributed by atoms with E-state index in [4.69, 9.17) is 4.74 Å². The number of aryl methyl sites for hydroxylation is 1. The van der Waals surface area contributed by atoms with E-state index in [1.54, 1.807) is 9.80 Å². The van der Waals surface area contributed by atoms with Crippen LogP contribution in [0.1, 0.15) is 48.0 Å². The molecule has 0 aliphatic carbocycles. The molecule has 0 atom stereocenters. The summed E-state index contributed by atoms with van der Waals surface area (Å²) in [4.78, 5) is 28.8. The third-order valence-electron chi connectivity index (χ3n) is 5.63. The second kappa shape index (κ2) is 9.10. The smallest absolute Gasteiger partial charge is 0.410 e. The molecule has 0 unspecified atom stereocenters. The van der Waals surface area contributed by atoms with E-state index in [0.29, 0.717) is 31.7 Å². The van der Waals surface area contributed by atoms with E-state index in [1.807, 2.05) is 82.3 Å². The van der Waals surface area contributed by atoms with Crippen LogP contribution in [0.25, 0.3) is 23.1 Å². The van der Waals surface area contributed by atoms with Crippen LogP contribution in [0.4, 0.5) is 4.79 Å². The number of H-pyrrole nitrogens is 1. The molecule has 172 valence electrons. The molecule has 1 aliphatic rings. The van der Waals surface area contributed by atoms with Gasteiger partial charge in [-0.3, -0.25) is 9.89 Å². The molecule has 4 rings (SSSR count). The van der Waals surface area contributed by atoms with Gasteiger partial charge in [-0.1, -0.05) is 36.4 Å². The molecule has 0 bridgehead atoms. The highest BCUT2D eigenvalue weighted by Gasteiger charge is 2.28. The number of rotatable bonds is 3. The van der Waals surface area contributed by atoms with Crippen LogP contribution in [0.3, 0.4) is 0 Å². The number of carbonyl (C=O) groups is 2. The van der Waals surface area contributed by atoms with Crippen molar-refractivity contribution in [1.82, 2.24) is 20.0 Å². The number of aromatic amines is 1. The fourth-order valence-corrected chi connectivity index (χ4v) is 3.91. The lowest BCUT2D eigenvalue weighted by Gasteiger charge is -2.35. The van der Waals surface area contributed by atoms with Gasteiger partial charge < -0.3 is 14.5 Å². The van der Waals surface area contributed by atoms with Gasteiger partial charge in [0.2, 0.25) is 0 Å². The van der Waals surface area contributed by atoms with E-state index in [-0.39, 0.29) is 12.0 Å². The van der Waals surface area contributed by atoms with Crippen molar-refractivity contribution >= 4 is 35.1 Å². The Morgan fingerprint density at radius 3 is 2.39 bits per heavy atom. The number of hydrogen-bond acceptors (Lipinski definition) is 4. The Morgan fingerprint density at radius 1 is 1.00 bits per heavy atom. The number of aromatic nitrogens is 2. The Labute approximate surface area is 194 Å². The van der Waals surface area contributed by atoms with Gasteiger partial charge in [-0.15, -0.1) is 0 Å². The zero-order valence-electron chi connectivity index (χ0n) is 19.6. The van der Waals surface area contributed by atoms with Gasteiger partial charge >= 0.3 is 6.09 Å². The van der Waals surface area contributed by atoms with E-state index >= 15 is 0 Å². The van der Waals surface area contributed by atoms with E-state index < -0.39 is 5.60 Å². The molecule has 7 nitrogen and oxygen atoms in total. The van der Waals surface area contributed by atoms with Crippen molar-refractivity contribution in [2.45, 2.75) is 33.3 Å². The van der Waals surface area contributed by atoms with Crippen molar-refractivity contribution in [3.63, 3.8) is 0 Å². The first-order chi connectivity index (χ1) is 15.7. The summed E-state index contributed by atoms with van der Waals surface area (Å²) in [6, 6.07) is 13.8. The molecule has 1 N–H and O–H groups in total. The van der Waals surface area contributed by atoms with Crippen LogP contribution in [-0.4, -0.2) is 63.8 Å². The van der Waals surface area contributed by atoms with Crippen LogP contribution < -0.4 is 0 Å². The van der Waals surface area contributed by atoms with E-state index in [9.17, 15) is 9.59 Å². The van der Waals surface area contributed by atoms with Gasteiger partial charge in [0.25, 0.3) is 5.91 Å². The number of ether oxygens (including phenoxy) is 1. The fourth-order valence-electron chi connectivity index (χ4n) is 3.91. The van der Waals surface area contributed by atoms with Crippen LogP contribution >= 0.6 is 0 Å². The maximum Gasteiger partial charge on any atom is 0.410 e. The van der Waals surface area contributed by atoms with Crippen LogP contribution in [0.15, 0.2) is 42.5 Å². The molecule has 0 spiro atoms. The quantitative estimate of drug-likeness (QED) is 0.631. The molecular formula is C26H30N4O3. The number of fused-ring (bicyclic) bond motifs is 1. The molecule has 2 amide bonds. The predicted octanol–water partition coefficient (Wildman–Crippen LogP) is 4.73. The molecule has 3 aromatic rings. The molecule has 2 heterocycles. The first-order valence-corrected chi connectivity index (χ1v) is 11.2. The van der Waals surface area contributed by atoms with E-state index in [1.165, 1.54) is 0 Å². The number of carbonyl (C=O) groups excluding carboxylic acids is 2. The van der Waals surface area contributed by atoms with Crippen molar-refractivity contribution in [2.75, 3.05) is 26.2 Å². The minimum absolute atomic E-state index is 0.00911. The van der Waals surface area contributed by atoms with Gasteiger partial charge in [0.05, 0.1) is 11.2 Å². The van der Waals surface area contributed by atoms with Gasteiger partial charge in [-0.05, 0) is 57.0 Å². The molecular weight excluding hydrogens is 416 g/mol. The Hall–Kier alpha value is -3.61. The van der Waals surface area contributed by atoms with Gasteiger partial charge in [-0.25, -0.2) is 4.79 Å². The van der Waals surface area contributed by atoms with Gasteiger partial charge in [0.15, 0.2) is 0 Å². The zero-order valence-corrected chi connectivity index (χ0v) is 19.6. The summed E-state index contributed by atoms with van der Waals surface area (Å²) in [6.45, 7) is 9.43. The maximum atomic E-state index is 13.1. The highest BCUT2D eigenvalue weighted by atomic mass is 16.6. The lowest BCUT2D eigenvalue weighted by molar-refractivity contribution is 0.0140. The number of hydrogen-bond donors (Lipinski definition) is 1. The van der Waals surface area contributed by atoms with Crippen molar-refractivity contribution in [3.05, 3.63) is 64.8 Å². The Morgan fingerprint density at radius 2 is 1.70 bits per heavy atom. The molecule has 7 heteroatoms. The first kappa shape index (κ1) is 22.6. The molecule has 2 aromatic carbocycles. The van der Waals surface area contributed by atoms with Crippen molar-refractivity contribution in [3.8, 4) is 0 Å². The molecule has 0 saturated carbocycles. The molecule has 1 saturated heterocycles. The molecule has 1 aliphatic heterocycles. The zero-order chi connectivity index (χ0) is 23.6. The topological polar surface area (TPSA) is 78.5 Å². The lowest BCUT2D eigenvalue weighted by Crippen LogP contribution is -2.51. The van der Waals surface area contributed by atoms with Gasteiger partial charge in [0.1, 0.15) is 5.60 Å². The van der Waals surface area contributed by atoms with Gasteiger partial charge in [-0.2, -0.15) is 5.10 Å². The predicted molar refractivity (Wildman–Crippen MR) is 130 cm³/mol. The highest BCUT2D eigenvalue weighted by Crippen LogP contribution is 2.20. The summed E-state index contributed by atoms with van der Waals surface area (Å²) in [6.07, 6.45) is 3.65. The Bertz CT molecular complexity index is 1200. The second-order valence-electron chi connectivity index (χ2n) is 9.32. The van der Waals surface area contributed by atoms with Crippen molar-refractivity contribution in [2.24, 2.45) is 0 Å². The average Bonchev–Trinajstić information content (AvgIpc) is 3.19. The fraction of sp³-hybridized carbons (Fsp3) is 0.346. The summed E-state index contributed by atoms with van der Waals surface area (Å²) >= 11 is 0. The molecule has 1 fully saturated rings. The van der Waals surface area contributed by atoms with Crippen LogP contribution in [0.5, 0.6) is 0 Å². The minimum Gasteiger partial charge on any atom is -0.444 e. The first-order valence-electron chi connectivity index (χ1n) is 11.2. The number of piperazine rings is 1. The number of para-hydroxylation sites is 1. The van der Waals surface area contributed by atoms with E-state index in [2.05, 4.69) is 10.2 Å². The number of nitrogens with one attached hydrogen (secondary N) is 1. The monoisotopic (exact) mass is 446 g/mol. The summed E-state index contributed by atoms with van der Waals surface area (Å²) in [7, 11) is 0. The largest absolute Gasteiger partial charge is 0.444 e.